The molecular weight excluding hydrogens is 256 g/mol. The lowest BCUT2D eigenvalue weighted by atomic mass is 10.1. The lowest BCUT2D eigenvalue weighted by Crippen LogP contribution is -2.08. The highest BCUT2D eigenvalue weighted by molar-refractivity contribution is 5.91. The smallest absolute Gasteiger partial charge is 0.221 e. The minimum absolute atomic E-state index is 0.162. The van der Waals surface area contributed by atoms with Gasteiger partial charge in [0, 0.05) is 18.7 Å². The summed E-state index contributed by atoms with van der Waals surface area (Å²) in [5.41, 5.74) is 7.69. The molecule has 2 rings (SSSR count). The predicted octanol–water partition coefficient (Wildman–Crippen LogP) is 2.08. The van der Waals surface area contributed by atoms with E-state index in [0.717, 1.165) is 5.56 Å². The molecule has 0 saturated carbocycles. The van der Waals surface area contributed by atoms with Crippen molar-refractivity contribution in [1.82, 2.24) is 9.97 Å². The molecule has 6 nitrogen and oxygen atoms in total. The Hall–Kier alpha value is -2.63. The molecule has 0 aliphatic rings. The molecule has 2 aromatic rings. The molecule has 0 unspecified atom stereocenters. The van der Waals surface area contributed by atoms with E-state index in [4.69, 9.17) is 10.5 Å². The molecule has 1 heterocycles. The number of nitrogen functional groups attached to an aromatic ring is 1. The number of ether oxygens (including phenoxy) is 1. The molecule has 0 aliphatic carbocycles. The van der Waals surface area contributed by atoms with Crippen LogP contribution in [0.4, 0.5) is 11.6 Å². The van der Waals surface area contributed by atoms with Crippen LogP contribution in [0.3, 0.4) is 0 Å². The number of benzene rings is 1. The van der Waals surface area contributed by atoms with Crippen LogP contribution < -0.4 is 15.8 Å². The number of nitrogens with one attached hydrogen (secondary N) is 1. The normalized spacial score (nSPS) is 10.1. The number of nitrogens with two attached hydrogens (primary N) is 1. The van der Waals surface area contributed by atoms with E-state index in [1.807, 2.05) is 13.0 Å². The van der Waals surface area contributed by atoms with E-state index in [1.54, 1.807) is 24.4 Å². The number of anilines is 2. The minimum Gasteiger partial charge on any atom is -0.492 e. The predicted molar refractivity (Wildman–Crippen MR) is 77.4 cm³/mol. The average molecular weight is 272 g/mol. The molecule has 0 spiro atoms. The third-order valence-corrected chi connectivity index (χ3v) is 2.56. The van der Waals surface area contributed by atoms with Crippen molar-refractivity contribution < 1.29 is 9.53 Å². The molecule has 0 bridgehead atoms. The van der Waals surface area contributed by atoms with Crippen LogP contribution in [0, 0.1) is 0 Å². The van der Waals surface area contributed by atoms with Crippen molar-refractivity contribution in [3.05, 3.63) is 30.5 Å². The number of aromatic nitrogens is 2. The largest absolute Gasteiger partial charge is 0.492 e. The van der Waals surface area contributed by atoms with Crippen molar-refractivity contribution in [2.24, 2.45) is 0 Å². The van der Waals surface area contributed by atoms with E-state index in [0.29, 0.717) is 23.7 Å². The van der Waals surface area contributed by atoms with Gasteiger partial charge in [-0.2, -0.15) is 0 Å². The number of nitrogens with zero attached hydrogens (tertiary/aromatic N) is 2. The van der Waals surface area contributed by atoms with Crippen LogP contribution in [0.1, 0.15) is 13.8 Å². The number of rotatable bonds is 4. The Bertz CT molecular complexity index is 628. The van der Waals surface area contributed by atoms with Crippen molar-refractivity contribution in [3.63, 3.8) is 0 Å². The Morgan fingerprint density at radius 3 is 2.85 bits per heavy atom. The molecular formula is C14H16N4O2. The summed E-state index contributed by atoms with van der Waals surface area (Å²) in [4.78, 5) is 19.3. The molecule has 1 aromatic carbocycles. The zero-order valence-electron chi connectivity index (χ0n) is 11.4. The average Bonchev–Trinajstić information content (AvgIpc) is 2.40. The van der Waals surface area contributed by atoms with Crippen LogP contribution in [-0.2, 0) is 4.79 Å². The SMILES string of the molecule is CCOc1ccc(-c2ccnc(N)n2)cc1NC(C)=O. The fraction of sp³-hybridized carbons (Fsp3) is 0.214. The van der Waals surface area contributed by atoms with Gasteiger partial charge in [0.2, 0.25) is 11.9 Å². The molecule has 3 N–H and O–H groups in total. The van der Waals surface area contributed by atoms with Gasteiger partial charge in [-0.3, -0.25) is 4.79 Å². The highest BCUT2D eigenvalue weighted by Crippen LogP contribution is 2.30. The van der Waals surface area contributed by atoms with E-state index in [1.165, 1.54) is 6.92 Å². The van der Waals surface area contributed by atoms with Crippen molar-refractivity contribution >= 4 is 17.5 Å². The van der Waals surface area contributed by atoms with Gasteiger partial charge in [0.05, 0.1) is 18.0 Å². The molecule has 1 amide bonds. The molecule has 1 aromatic heterocycles. The van der Waals surface area contributed by atoms with Gasteiger partial charge in [-0.05, 0) is 31.2 Å². The molecule has 20 heavy (non-hydrogen) atoms. The van der Waals surface area contributed by atoms with Gasteiger partial charge in [-0.25, -0.2) is 9.97 Å². The summed E-state index contributed by atoms with van der Waals surface area (Å²) in [6.45, 7) is 3.86. The third-order valence-electron chi connectivity index (χ3n) is 2.56. The summed E-state index contributed by atoms with van der Waals surface area (Å²) < 4.78 is 5.48. The second kappa shape index (κ2) is 6.01. The monoisotopic (exact) mass is 272 g/mol. The van der Waals surface area contributed by atoms with E-state index >= 15 is 0 Å². The van der Waals surface area contributed by atoms with Crippen LogP contribution in [-0.4, -0.2) is 22.5 Å². The first-order chi connectivity index (χ1) is 9.60. The van der Waals surface area contributed by atoms with Gasteiger partial charge in [0.15, 0.2) is 0 Å². The number of carbonyl (C=O) groups is 1. The first kappa shape index (κ1) is 13.8. The standard InChI is InChI=1S/C14H16N4O2/c1-3-20-13-5-4-10(8-12(13)17-9(2)19)11-6-7-16-14(15)18-11/h4-8H,3H2,1-2H3,(H,17,19)(H2,15,16,18). The molecule has 6 heteroatoms. The Kier molecular flexibility index (Phi) is 4.14. The maximum Gasteiger partial charge on any atom is 0.221 e. The van der Waals surface area contributed by atoms with Gasteiger partial charge in [-0.1, -0.05) is 0 Å². The van der Waals surface area contributed by atoms with E-state index in [2.05, 4.69) is 15.3 Å². The van der Waals surface area contributed by atoms with Crippen LogP contribution in [0.15, 0.2) is 30.5 Å². The molecule has 0 radical (unpaired) electrons. The number of carbonyl (C=O) groups excluding carboxylic acids is 1. The van der Waals surface area contributed by atoms with Gasteiger partial charge < -0.3 is 15.8 Å². The van der Waals surface area contributed by atoms with Crippen molar-refractivity contribution in [2.45, 2.75) is 13.8 Å². The van der Waals surface area contributed by atoms with Crippen LogP contribution in [0.25, 0.3) is 11.3 Å². The van der Waals surface area contributed by atoms with E-state index in [9.17, 15) is 4.79 Å². The van der Waals surface area contributed by atoms with Gasteiger partial charge in [0.25, 0.3) is 0 Å². The summed E-state index contributed by atoms with van der Waals surface area (Å²) in [5, 5.41) is 2.74. The van der Waals surface area contributed by atoms with Gasteiger partial charge in [-0.15, -0.1) is 0 Å². The minimum atomic E-state index is -0.162. The fourth-order valence-corrected chi connectivity index (χ4v) is 1.79. The first-order valence-corrected chi connectivity index (χ1v) is 6.23. The van der Waals surface area contributed by atoms with E-state index in [-0.39, 0.29) is 11.9 Å². The second-order valence-corrected chi connectivity index (χ2v) is 4.13. The van der Waals surface area contributed by atoms with Gasteiger partial charge >= 0.3 is 0 Å². The topological polar surface area (TPSA) is 90.1 Å². The summed E-state index contributed by atoms with van der Waals surface area (Å²) in [7, 11) is 0. The molecule has 0 aliphatic heterocycles. The first-order valence-electron chi connectivity index (χ1n) is 6.23. The highest BCUT2D eigenvalue weighted by atomic mass is 16.5. The van der Waals surface area contributed by atoms with Crippen LogP contribution >= 0.6 is 0 Å². The number of hydrogen-bond donors (Lipinski definition) is 2. The van der Waals surface area contributed by atoms with Crippen molar-refractivity contribution in [1.29, 1.82) is 0 Å². The van der Waals surface area contributed by atoms with Crippen molar-refractivity contribution in [2.75, 3.05) is 17.7 Å². The van der Waals surface area contributed by atoms with Crippen molar-refractivity contribution in [3.8, 4) is 17.0 Å². The molecule has 0 atom stereocenters. The number of hydrogen-bond acceptors (Lipinski definition) is 5. The summed E-state index contributed by atoms with van der Waals surface area (Å²) in [6, 6.07) is 7.21. The van der Waals surface area contributed by atoms with E-state index < -0.39 is 0 Å². The Morgan fingerprint density at radius 2 is 2.20 bits per heavy atom. The highest BCUT2D eigenvalue weighted by Gasteiger charge is 2.09. The molecule has 0 saturated heterocycles. The quantitative estimate of drug-likeness (QED) is 0.889. The zero-order valence-corrected chi connectivity index (χ0v) is 11.4. The Morgan fingerprint density at radius 1 is 1.40 bits per heavy atom. The molecule has 104 valence electrons. The van der Waals surface area contributed by atoms with Crippen LogP contribution in [0.5, 0.6) is 5.75 Å². The summed E-state index contributed by atoms with van der Waals surface area (Å²) >= 11 is 0. The summed E-state index contributed by atoms with van der Waals surface area (Å²) in [6.07, 6.45) is 1.59. The lowest BCUT2D eigenvalue weighted by molar-refractivity contribution is -0.114. The second-order valence-electron chi connectivity index (χ2n) is 4.13. The van der Waals surface area contributed by atoms with Gasteiger partial charge in [0.1, 0.15) is 5.75 Å². The number of amides is 1. The van der Waals surface area contributed by atoms with Crippen LogP contribution in [0.2, 0.25) is 0 Å². The Balaban J connectivity index is 2.43. The summed E-state index contributed by atoms with van der Waals surface area (Å²) in [5.74, 6) is 0.663. The zero-order chi connectivity index (χ0) is 14.5. The third kappa shape index (κ3) is 3.23. The Labute approximate surface area is 117 Å². The maximum atomic E-state index is 11.3. The maximum absolute atomic E-state index is 11.3. The lowest BCUT2D eigenvalue weighted by Gasteiger charge is -2.12. The molecule has 0 fully saturated rings. The fourth-order valence-electron chi connectivity index (χ4n) is 1.79.